The minimum absolute atomic E-state index is 0.740. The van der Waals surface area contributed by atoms with Gasteiger partial charge in [0.1, 0.15) is 6.67 Å². The van der Waals surface area contributed by atoms with Crippen molar-refractivity contribution in [2.24, 2.45) is 4.99 Å². The molecule has 1 heterocycles. The van der Waals surface area contributed by atoms with Crippen LogP contribution in [0.15, 0.2) is 46.0 Å². The Balaban J connectivity index is 2.03. The van der Waals surface area contributed by atoms with Crippen molar-refractivity contribution in [2.75, 3.05) is 6.67 Å². The molecule has 0 saturated carbocycles. The van der Waals surface area contributed by atoms with Gasteiger partial charge in [-0.25, -0.2) is 0 Å². The summed E-state index contributed by atoms with van der Waals surface area (Å²) in [6.07, 6.45) is 3.90. The molecule has 0 aliphatic carbocycles. The Bertz CT molecular complexity index is 357. The quantitative estimate of drug-likeness (QED) is 0.789. The molecule has 0 atom stereocenters. The summed E-state index contributed by atoms with van der Waals surface area (Å²) in [5.74, 6) is 0. The molecule has 0 fully saturated rings. The Morgan fingerprint density at radius 3 is 2.79 bits per heavy atom. The summed E-state index contributed by atoms with van der Waals surface area (Å²) in [5, 5.41) is 0. The molecule has 0 saturated heterocycles. The highest BCUT2D eigenvalue weighted by molar-refractivity contribution is 9.12. The lowest BCUT2D eigenvalue weighted by Gasteiger charge is -2.20. The average Bonchev–Trinajstić information content (AvgIpc) is 2.19. The van der Waals surface area contributed by atoms with E-state index in [-0.39, 0.29) is 0 Å². The van der Waals surface area contributed by atoms with Crippen molar-refractivity contribution in [3.8, 4) is 0 Å². The number of nitrogens with zero attached hydrogens (tertiary/aromatic N) is 2. The van der Waals surface area contributed by atoms with Crippen LogP contribution in [0.25, 0.3) is 0 Å². The van der Waals surface area contributed by atoms with E-state index in [1.54, 1.807) is 0 Å². The largest absolute Gasteiger partial charge is 0.353 e. The van der Waals surface area contributed by atoms with Crippen molar-refractivity contribution >= 4 is 22.1 Å². The van der Waals surface area contributed by atoms with Crippen molar-refractivity contribution in [2.45, 2.75) is 6.54 Å². The Kier molecular flexibility index (Phi) is 2.99. The fraction of sp³-hybridized carbons (Fsp3) is 0.182. The highest BCUT2D eigenvalue weighted by Gasteiger charge is 2.04. The number of benzene rings is 1. The predicted molar refractivity (Wildman–Crippen MR) is 62.4 cm³/mol. The number of hydrogen-bond acceptors (Lipinski definition) is 2. The Labute approximate surface area is 92.1 Å². The topological polar surface area (TPSA) is 15.6 Å². The molecule has 1 aliphatic rings. The van der Waals surface area contributed by atoms with Crippen LogP contribution in [0.4, 0.5) is 0 Å². The summed E-state index contributed by atoms with van der Waals surface area (Å²) in [5.41, 5.74) is 1.31. The third kappa shape index (κ3) is 2.45. The molecule has 1 aromatic carbocycles. The van der Waals surface area contributed by atoms with Crippen LogP contribution in [0.2, 0.25) is 0 Å². The van der Waals surface area contributed by atoms with Gasteiger partial charge in [-0.1, -0.05) is 30.3 Å². The molecule has 14 heavy (non-hydrogen) atoms. The van der Waals surface area contributed by atoms with Crippen LogP contribution in [0.1, 0.15) is 5.56 Å². The van der Waals surface area contributed by atoms with Gasteiger partial charge in [0.25, 0.3) is 0 Å². The van der Waals surface area contributed by atoms with E-state index < -0.39 is 0 Å². The molecule has 0 amide bonds. The van der Waals surface area contributed by atoms with Crippen LogP contribution < -0.4 is 0 Å². The standard InChI is InChI=1S/C11H11BrN2/c12-11-6-13-9-14(8-11)7-10-4-2-1-3-5-10/h1-6,8H,7,9H2. The van der Waals surface area contributed by atoms with E-state index in [0.29, 0.717) is 0 Å². The predicted octanol–water partition coefficient (Wildman–Crippen LogP) is 2.77. The second-order valence-corrected chi connectivity index (χ2v) is 4.12. The first-order valence-electron chi connectivity index (χ1n) is 4.50. The smallest absolute Gasteiger partial charge is 0.110 e. The average molecular weight is 251 g/mol. The monoisotopic (exact) mass is 250 g/mol. The first-order chi connectivity index (χ1) is 6.84. The summed E-state index contributed by atoms with van der Waals surface area (Å²) in [7, 11) is 0. The van der Waals surface area contributed by atoms with Gasteiger partial charge >= 0.3 is 0 Å². The van der Waals surface area contributed by atoms with Crippen LogP contribution in [0.5, 0.6) is 0 Å². The van der Waals surface area contributed by atoms with Crippen LogP contribution in [0, 0.1) is 0 Å². The van der Waals surface area contributed by atoms with Gasteiger partial charge in [0.2, 0.25) is 0 Å². The molecule has 1 aromatic rings. The minimum atomic E-state index is 0.740. The van der Waals surface area contributed by atoms with Gasteiger partial charge in [0.05, 0.1) is 4.48 Å². The lowest BCUT2D eigenvalue weighted by molar-refractivity contribution is 0.379. The summed E-state index contributed by atoms with van der Waals surface area (Å²) in [6.45, 7) is 1.65. The minimum Gasteiger partial charge on any atom is -0.353 e. The van der Waals surface area contributed by atoms with Crippen LogP contribution in [-0.4, -0.2) is 17.8 Å². The van der Waals surface area contributed by atoms with Gasteiger partial charge in [-0.2, -0.15) is 0 Å². The van der Waals surface area contributed by atoms with Crippen molar-refractivity contribution < 1.29 is 0 Å². The molecule has 2 rings (SSSR count). The van der Waals surface area contributed by atoms with Gasteiger partial charge in [0, 0.05) is 19.0 Å². The van der Waals surface area contributed by atoms with E-state index in [4.69, 9.17) is 0 Å². The fourth-order valence-corrected chi connectivity index (χ4v) is 1.83. The normalized spacial score (nSPS) is 15.5. The molecule has 0 radical (unpaired) electrons. The zero-order valence-electron chi connectivity index (χ0n) is 7.73. The van der Waals surface area contributed by atoms with Crippen molar-refractivity contribution in [1.29, 1.82) is 0 Å². The second-order valence-electron chi connectivity index (χ2n) is 3.20. The van der Waals surface area contributed by atoms with Crippen LogP contribution in [-0.2, 0) is 6.54 Å². The summed E-state index contributed by atoms with van der Waals surface area (Å²) < 4.78 is 1.03. The van der Waals surface area contributed by atoms with Gasteiger partial charge in [-0.05, 0) is 21.5 Å². The number of halogens is 1. The molecule has 72 valence electrons. The lowest BCUT2D eigenvalue weighted by atomic mass is 10.2. The van der Waals surface area contributed by atoms with Crippen LogP contribution in [0.3, 0.4) is 0 Å². The molecular weight excluding hydrogens is 240 g/mol. The summed E-state index contributed by atoms with van der Waals surface area (Å²) in [6, 6.07) is 10.4. The Morgan fingerprint density at radius 1 is 1.29 bits per heavy atom. The van der Waals surface area contributed by atoms with E-state index >= 15 is 0 Å². The Hall–Kier alpha value is -1.09. The maximum Gasteiger partial charge on any atom is 0.110 e. The summed E-state index contributed by atoms with van der Waals surface area (Å²) in [4.78, 5) is 6.39. The molecule has 0 aromatic heterocycles. The van der Waals surface area contributed by atoms with Crippen molar-refractivity contribution in [3.05, 3.63) is 46.6 Å². The molecule has 0 spiro atoms. The number of allylic oxidation sites excluding steroid dienone is 1. The number of hydrogen-bond donors (Lipinski definition) is 0. The van der Waals surface area contributed by atoms with Crippen molar-refractivity contribution in [3.63, 3.8) is 0 Å². The molecule has 2 nitrogen and oxygen atoms in total. The van der Waals surface area contributed by atoms with E-state index in [0.717, 1.165) is 17.7 Å². The maximum atomic E-state index is 4.22. The van der Waals surface area contributed by atoms with Gasteiger partial charge in [-0.3, -0.25) is 4.99 Å². The zero-order valence-corrected chi connectivity index (χ0v) is 9.31. The molecule has 0 bridgehead atoms. The second kappa shape index (κ2) is 4.42. The summed E-state index contributed by atoms with van der Waals surface area (Å²) >= 11 is 3.41. The molecule has 3 heteroatoms. The maximum absolute atomic E-state index is 4.22. The van der Waals surface area contributed by atoms with Crippen molar-refractivity contribution in [1.82, 2.24) is 4.90 Å². The lowest BCUT2D eigenvalue weighted by Crippen LogP contribution is -2.19. The van der Waals surface area contributed by atoms with E-state index in [2.05, 4.69) is 56.3 Å². The number of rotatable bonds is 2. The van der Waals surface area contributed by atoms with E-state index in [9.17, 15) is 0 Å². The first kappa shape index (κ1) is 9.46. The molecule has 0 N–H and O–H groups in total. The van der Waals surface area contributed by atoms with Gasteiger partial charge < -0.3 is 4.90 Å². The SMILES string of the molecule is BrC1=CN(Cc2ccccc2)CN=C1. The highest BCUT2D eigenvalue weighted by atomic mass is 79.9. The first-order valence-corrected chi connectivity index (χ1v) is 5.29. The molecule has 0 unspecified atom stereocenters. The van der Waals surface area contributed by atoms with E-state index in [1.807, 2.05) is 12.3 Å². The third-order valence-corrected chi connectivity index (χ3v) is 2.42. The zero-order chi connectivity index (χ0) is 9.80. The highest BCUT2D eigenvalue weighted by Crippen LogP contribution is 2.12. The number of aliphatic imine (C=N–C) groups is 1. The van der Waals surface area contributed by atoms with E-state index in [1.165, 1.54) is 5.56 Å². The Morgan fingerprint density at radius 2 is 2.07 bits per heavy atom. The van der Waals surface area contributed by atoms with Gasteiger partial charge in [0.15, 0.2) is 0 Å². The third-order valence-electron chi connectivity index (χ3n) is 2.01. The fourth-order valence-electron chi connectivity index (χ4n) is 1.40. The van der Waals surface area contributed by atoms with Crippen LogP contribution >= 0.6 is 15.9 Å². The molecule has 1 aliphatic heterocycles. The van der Waals surface area contributed by atoms with Gasteiger partial charge in [-0.15, -0.1) is 0 Å². The molecular formula is C11H11BrN2.